The fourth-order valence-electron chi connectivity index (χ4n) is 2.19. The van der Waals surface area contributed by atoms with Crippen LogP contribution >= 0.6 is 11.6 Å². The van der Waals surface area contributed by atoms with Crippen molar-refractivity contribution >= 4 is 23.3 Å². The highest BCUT2D eigenvalue weighted by atomic mass is 35.5. The van der Waals surface area contributed by atoms with Crippen molar-refractivity contribution in [1.82, 2.24) is 5.32 Å². The maximum Gasteiger partial charge on any atom is 0.322 e. The Morgan fingerprint density at radius 1 is 1.04 bits per heavy atom. The quantitative estimate of drug-likeness (QED) is 0.756. The Hall–Kier alpha value is -2.20. The minimum absolute atomic E-state index is 0.343. The molecule has 2 aromatic carbocycles. The largest absolute Gasteiger partial charge is 0.471 e. The van der Waals surface area contributed by atoms with E-state index in [0.29, 0.717) is 16.6 Å². The number of amides is 2. The fourth-order valence-corrected chi connectivity index (χ4v) is 2.37. The number of para-hydroxylation sites is 2. The van der Waals surface area contributed by atoms with Gasteiger partial charge in [-0.2, -0.15) is 0 Å². The van der Waals surface area contributed by atoms with E-state index in [1.54, 1.807) is 31.2 Å². The Morgan fingerprint density at radius 2 is 1.70 bits per heavy atom. The lowest BCUT2D eigenvalue weighted by Gasteiger charge is -2.20. The van der Waals surface area contributed by atoms with Crippen LogP contribution in [0.15, 0.2) is 48.5 Å². The van der Waals surface area contributed by atoms with Crippen molar-refractivity contribution in [3.05, 3.63) is 59.1 Å². The molecule has 0 aliphatic rings. The van der Waals surface area contributed by atoms with Crippen molar-refractivity contribution in [2.24, 2.45) is 0 Å². The molecule has 0 aromatic heterocycles. The van der Waals surface area contributed by atoms with Gasteiger partial charge in [0.25, 0.3) is 0 Å². The second kappa shape index (κ2) is 7.88. The van der Waals surface area contributed by atoms with E-state index in [1.165, 1.54) is 0 Å². The van der Waals surface area contributed by atoms with Gasteiger partial charge >= 0.3 is 6.03 Å². The minimum atomic E-state index is -0.475. The van der Waals surface area contributed by atoms with Crippen LogP contribution in [0.4, 0.5) is 10.5 Å². The molecule has 2 N–H and O–H groups in total. The zero-order valence-corrected chi connectivity index (χ0v) is 14.2. The topological polar surface area (TPSA) is 50.4 Å². The van der Waals surface area contributed by atoms with Crippen LogP contribution in [0.5, 0.6) is 5.75 Å². The SMILES string of the molecule is CC(NC(=O)Nc1ccccc1Cl)Oc1ccccc1C(C)C. The molecule has 5 heteroatoms. The molecule has 0 aliphatic carbocycles. The van der Waals surface area contributed by atoms with Crippen molar-refractivity contribution in [1.29, 1.82) is 0 Å². The van der Waals surface area contributed by atoms with Gasteiger partial charge in [-0.1, -0.05) is 55.8 Å². The van der Waals surface area contributed by atoms with Gasteiger partial charge < -0.3 is 15.4 Å². The van der Waals surface area contributed by atoms with E-state index in [2.05, 4.69) is 24.5 Å². The summed E-state index contributed by atoms with van der Waals surface area (Å²) in [5, 5.41) is 5.93. The lowest BCUT2D eigenvalue weighted by Crippen LogP contribution is -2.39. The molecule has 23 heavy (non-hydrogen) atoms. The van der Waals surface area contributed by atoms with Gasteiger partial charge in [0.05, 0.1) is 10.7 Å². The monoisotopic (exact) mass is 332 g/mol. The lowest BCUT2D eigenvalue weighted by molar-refractivity contribution is 0.181. The number of rotatable bonds is 5. The number of ether oxygens (including phenoxy) is 1. The molecule has 0 bridgehead atoms. The molecule has 4 nitrogen and oxygen atoms in total. The molecule has 122 valence electrons. The Bertz CT molecular complexity index is 674. The highest BCUT2D eigenvalue weighted by Gasteiger charge is 2.13. The van der Waals surface area contributed by atoms with E-state index in [4.69, 9.17) is 16.3 Å². The van der Waals surface area contributed by atoms with Crippen LogP contribution < -0.4 is 15.4 Å². The first-order valence-electron chi connectivity index (χ1n) is 7.55. The number of benzene rings is 2. The molecular weight excluding hydrogens is 312 g/mol. The highest BCUT2D eigenvalue weighted by Crippen LogP contribution is 2.26. The molecule has 0 aliphatic heterocycles. The molecule has 0 spiro atoms. The van der Waals surface area contributed by atoms with Gasteiger partial charge in [0.2, 0.25) is 0 Å². The number of carbonyl (C=O) groups is 1. The molecule has 0 saturated carbocycles. The number of anilines is 1. The van der Waals surface area contributed by atoms with E-state index >= 15 is 0 Å². The third kappa shape index (κ3) is 4.89. The summed E-state index contributed by atoms with van der Waals surface area (Å²) >= 11 is 6.02. The van der Waals surface area contributed by atoms with Gasteiger partial charge in [-0.15, -0.1) is 0 Å². The standard InChI is InChI=1S/C18H21ClN2O2/c1-12(2)14-8-4-7-11-17(14)23-13(3)20-18(22)21-16-10-6-5-9-15(16)19/h4-13H,1-3H3,(H2,20,21,22). The summed E-state index contributed by atoms with van der Waals surface area (Å²) in [7, 11) is 0. The molecule has 1 unspecified atom stereocenters. The summed E-state index contributed by atoms with van der Waals surface area (Å²) in [5.41, 5.74) is 1.66. The number of nitrogens with one attached hydrogen (secondary N) is 2. The van der Waals surface area contributed by atoms with Crippen LogP contribution in [0.1, 0.15) is 32.3 Å². The Balaban J connectivity index is 1.96. The molecule has 0 heterocycles. The van der Waals surface area contributed by atoms with E-state index in [1.807, 2.05) is 24.3 Å². The second-order valence-corrected chi connectivity index (χ2v) is 5.94. The maximum absolute atomic E-state index is 12.0. The lowest BCUT2D eigenvalue weighted by atomic mass is 10.0. The summed E-state index contributed by atoms with van der Waals surface area (Å²) in [6.07, 6.45) is -0.475. The van der Waals surface area contributed by atoms with Gasteiger partial charge in [0.1, 0.15) is 5.75 Å². The number of halogens is 1. The van der Waals surface area contributed by atoms with Crippen LogP contribution in [0.3, 0.4) is 0 Å². The van der Waals surface area contributed by atoms with Gasteiger partial charge in [-0.25, -0.2) is 4.79 Å². The van der Waals surface area contributed by atoms with Gasteiger partial charge in [-0.3, -0.25) is 0 Å². The number of hydrogen-bond acceptors (Lipinski definition) is 2. The van der Waals surface area contributed by atoms with Crippen LogP contribution in [-0.2, 0) is 0 Å². The number of carbonyl (C=O) groups excluding carboxylic acids is 1. The van der Waals surface area contributed by atoms with Gasteiger partial charge in [0.15, 0.2) is 6.23 Å². The summed E-state index contributed by atoms with van der Waals surface area (Å²) < 4.78 is 5.84. The van der Waals surface area contributed by atoms with Crippen LogP contribution in [0, 0.1) is 0 Å². The summed E-state index contributed by atoms with van der Waals surface area (Å²) in [6, 6.07) is 14.5. The zero-order valence-electron chi connectivity index (χ0n) is 13.5. The average Bonchev–Trinajstić information content (AvgIpc) is 2.49. The van der Waals surface area contributed by atoms with E-state index in [-0.39, 0.29) is 6.03 Å². The summed E-state index contributed by atoms with van der Waals surface area (Å²) in [5.74, 6) is 1.11. The van der Waals surface area contributed by atoms with E-state index in [0.717, 1.165) is 11.3 Å². The van der Waals surface area contributed by atoms with E-state index in [9.17, 15) is 4.79 Å². The van der Waals surface area contributed by atoms with Crippen molar-refractivity contribution in [3.8, 4) is 5.75 Å². The molecule has 0 radical (unpaired) electrons. The first kappa shape index (κ1) is 17.2. The normalized spacial score (nSPS) is 11.9. The Labute approximate surface area is 141 Å². The average molecular weight is 333 g/mol. The highest BCUT2D eigenvalue weighted by molar-refractivity contribution is 6.33. The third-order valence-electron chi connectivity index (χ3n) is 3.30. The minimum Gasteiger partial charge on any atom is -0.471 e. The van der Waals surface area contributed by atoms with Gasteiger partial charge in [0, 0.05) is 0 Å². The predicted molar refractivity (Wildman–Crippen MR) is 94.2 cm³/mol. The van der Waals surface area contributed by atoms with Crippen molar-refractivity contribution in [2.75, 3.05) is 5.32 Å². The third-order valence-corrected chi connectivity index (χ3v) is 3.63. The Kier molecular flexibility index (Phi) is 5.88. The molecule has 2 amide bonds. The molecule has 0 fully saturated rings. The molecule has 1 atom stereocenters. The van der Waals surface area contributed by atoms with Crippen LogP contribution in [0.25, 0.3) is 0 Å². The smallest absolute Gasteiger partial charge is 0.322 e. The van der Waals surface area contributed by atoms with E-state index < -0.39 is 6.23 Å². The maximum atomic E-state index is 12.0. The first-order valence-corrected chi connectivity index (χ1v) is 7.92. The zero-order chi connectivity index (χ0) is 16.8. The van der Waals surface area contributed by atoms with Gasteiger partial charge in [-0.05, 0) is 36.6 Å². The Morgan fingerprint density at radius 3 is 2.39 bits per heavy atom. The molecule has 0 saturated heterocycles. The summed E-state index contributed by atoms with van der Waals surface area (Å²) in [4.78, 5) is 12.0. The van der Waals surface area contributed by atoms with Crippen LogP contribution in [0.2, 0.25) is 5.02 Å². The van der Waals surface area contributed by atoms with Crippen LogP contribution in [-0.4, -0.2) is 12.3 Å². The summed E-state index contributed by atoms with van der Waals surface area (Å²) in [6.45, 7) is 5.98. The molecule has 2 rings (SSSR count). The van der Waals surface area contributed by atoms with Crippen molar-refractivity contribution < 1.29 is 9.53 Å². The van der Waals surface area contributed by atoms with Crippen molar-refractivity contribution in [3.63, 3.8) is 0 Å². The molecular formula is C18H21ClN2O2. The number of urea groups is 1. The predicted octanol–water partition coefficient (Wildman–Crippen LogP) is 5.01. The number of hydrogen-bond donors (Lipinski definition) is 2. The molecule has 2 aromatic rings. The first-order chi connectivity index (χ1) is 11.0. The second-order valence-electron chi connectivity index (χ2n) is 5.53. The van der Waals surface area contributed by atoms with Crippen molar-refractivity contribution in [2.45, 2.75) is 32.9 Å². The fraction of sp³-hybridized carbons (Fsp3) is 0.278.